The van der Waals surface area contributed by atoms with Gasteiger partial charge < -0.3 is 14.7 Å². The first-order valence-corrected chi connectivity index (χ1v) is 6.19. The van der Waals surface area contributed by atoms with Crippen LogP contribution in [-0.2, 0) is 4.74 Å². The molecule has 0 unspecified atom stereocenters. The third-order valence-electron chi connectivity index (χ3n) is 2.20. The highest BCUT2D eigenvalue weighted by Gasteiger charge is 2.35. The zero-order valence-electron chi connectivity index (χ0n) is 9.36. The average Bonchev–Trinajstić information content (AvgIpc) is 2.43. The summed E-state index contributed by atoms with van der Waals surface area (Å²) in [6.07, 6.45) is -0.159. The lowest BCUT2D eigenvalue weighted by atomic mass is 10.2. The Morgan fingerprint density at radius 2 is 2.20 bits per heavy atom. The van der Waals surface area contributed by atoms with Crippen molar-refractivity contribution in [3.63, 3.8) is 0 Å². The lowest BCUT2D eigenvalue weighted by Gasteiger charge is -2.27. The molecule has 0 saturated carbocycles. The van der Waals surface area contributed by atoms with E-state index >= 15 is 0 Å². The van der Waals surface area contributed by atoms with Crippen LogP contribution in [0.1, 0.15) is 27.2 Å². The fourth-order valence-electron chi connectivity index (χ4n) is 1.58. The number of amides is 1. The van der Waals surface area contributed by atoms with Gasteiger partial charge in [-0.25, -0.2) is 4.79 Å². The molecule has 1 aliphatic heterocycles. The van der Waals surface area contributed by atoms with E-state index in [1.54, 1.807) is 4.90 Å². The Morgan fingerprint density at radius 3 is 2.67 bits per heavy atom. The molecule has 0 aromatic carbocycles. The van der Waals surface area contributed by atoms with Crippen molar-refractivity contribution in [2.45, 2.75) is 44.9 Å². The minimum absolute atomic E-state index is 0.0369. The lowest BCUT2D eigenvalue weighted by molar-refractivity contribution is 0.0223. The maximum Gasteiger partial charge on any atom is 0.410 e. The Balaban J connectivity index is 2.59. The summed E-state index contributed by atoms with van der Waals surface area (Å²) in [5, 5.41) is 10.1. The number of ether oxygens (including phenoxy) is 1. The van der Waals surface area contributed by atoms with Crippen LogP contribution >= 0.6 is 15.9 Å². The molecule has 0 radical (unpaired) electrons. The number of carbonyl (C=O) groups excluding carboxylic acids is 1. The highest BCUT2D eigenvalue weighted by molar-refractivity contribution is 9.09. The Kier molecular flexibility index (Phi) is 4.00. The van der Waals surface area contributed by atoms with Gasteiger partial charge in [-0.15, -0.1) is 0 Å². The molecule has 1 aliphatic rings. The van der Waals surface area contributed by atoms with Crippen molar-refractivity contribution in [1.82, 2.24) is 4.90 Å². The fraction of sp³-hybridized carbons (Fsp3) is 0.900. The van der Waals surface area contributed by atoms with Crippen molar-refractivity contribution in [1.29, 1.82) is 0 Å². The number of aliphatic hydroxyl groups excluding tert-OH is 1. The van der Waals surface area contributed by atoms with E-state index in [-0.39, 0.29) is 12.1 Å². The maximum absolute atomic E-state index is 11.7. The average molecular weight is 280 g/mol. The number of nitrogens with zero attached hydrogens (tertiary/aromatic N) is 1. The van der Waals surface area contributed by atoms with Crippen LogP contribution in [-0.4, -0.2) is 45.7 Å². The summed E-state index contributed by atoms with van der Waals surface area (Å²) >= 11 is 3.33. The molecule has 0 aromatic rings. The minimum atomic E-state index is -0.485. The highest BCUT2D eigenvalue weighted by Crippen LogP contribution is 2.22. The molecule has 4 nitrogen and oxygen atoms in total. The van der Waals surface area contributed by atoms with Crippen LogP contribution in [0.3, 0.4) is 0 Å². The molecule has 2 atom stereocenters. The van der Waals surface area contributed by atoms with Crippen molar-refractivity contribution in [3.05, 3.63) is 0 Å². The number of rotatable bonds is 1. The highest BCUT2D eigenvalue weighted by atomic mass is 79.9. The minimum Gasteiger partial charge on any atom is -0.444 e. The van der Waals surface area contributed by atoms with Crippen LogP contribution in [0, 0.1) is 0 Å². The van der Waals surface area contributed by atoms with Crippen LogP contribution in [0.5, 0.6) is 0 Å². The second-order valence-corrected chi connectivity index (χ2v) is 5.48. The van der Waals surface area contributed by atoms with Crippen molar-refractivity contribution in [2.24, 2.45) is 0 Å². The van der Waals surface area contributed by atoms with Crippen LogP contribution in [0.4, 0.5) is 4.79 Å². The standard InChI is InChI=1S/C10H18BrNO3/c1-10(2,3)15-9(14)12-6-8(13)4-7(12)5-11/h7-8,13H,4-6H2,1-3H3/t7-,8-/m0/s1. The summed E-state index contributed by atoms with van der Waals surface area (Å²) in [4.78, 5) is 13.3. The summed E-state index contributed by atoms with van der Waals surface area (Å²) < 4.78 is 5.26. The van der Waals surface area contributed by atoms with E-state index < -0.39 is 11.7 Å². The molecule has 88 valence electrons. The van der Waals surface area contributed by atoms with E-state index in [0.717, 1.165) is 0 Å². The van der Waals surface area contributed by atoms with Gasteiger partial charge in [-0.2, -0.15) is 0 Å². The number of hydrogen-bond acceptors (Lipinski definition) is 3. The summed E-state index contributed by atoms with van der Waals surface area (Å²) in [6.45, 7) is 5.87. The predicted octanol–water partition coefficient (Wildman–Crippen LogP) is 1.75. The van der Waals surface area contributed by atoms with E-state index in [1.807, 2.05) is 20.8 Å². The first kappa shape index (κ1) is 12.8. The van der Waals surface area contributed by atoms with E-state index in [2.05, 4.69) is 15.9 Å². The molecular formula is C10H18BrNO3. The monoisotopic (exact) mass is 279 g/mol. The lowest BCUT2D eigenvalue weighted by Crippen LogP contribution is -2.40. The third-order valence-corrected chi connectivity index (χ3v) is 2.95. The van der Waals surface area contributed by atoms with Gasteiger partial charge in [0.15, 0.2) is 0 Å². The van der Waals surface area contributed by atoms with Gasteiger partial charge in [-0.1, -0.05) is 15.9 Å². The van der Waals surface area contributed by atoms with Gasteiger partial charge in [-0.05, 0) is 27.2 Å². The molecule has 1 heterocycles. The molecular weight excluding hydrogens is 262 g/mol. The molecule has 5 heteroatoms. The van der Waals surface area contributed by atoms with Gasteiger partial charge in [-0.3, -0.25) is 0 Å². The molecule has 1 saturated heterocycles. The Morgan fingerprint density at radius 1 is 1.60 bits per heavy atom. The summed E-state index contributed by atoms with van der Waals surface area (Å²) in [6, 6.07) is 0.0369. The molecule has 0 spiro atoms. The number of β-amino-alcohol motifs (C(OH)–C–C–N with tert-alkyl or cyclic N) is 1. The van der Waals surface area contributed by atoms with Gasteiger partial charge in [0.05, 0.1) is 12.6 Å². The number of aliphatic hydroxyl groups is 1. The van der Waals surface area contributed by atoms with E-state index in [4.69, 9.17) is 4.74 Å². The van der Waals surface area contributed by atoms with E-state index in [9.17, 15) is 9.90 Å². The first-order chi connectivity index (χ1) is 6.83. The van der Waals surface area contributed by atoms with Gasteiger partial charge in [0.2, 0.25) is 0 Å². The number of likely N-dealkylation sites (tertiary alicyclic amines) is 1. The second kappa shape index (κ2) is 4.70. The molecule has 1 amide bonds. The van der Waals surface area contributed by atoms with Gasteiger partial charge in [0, 0.05) is 11.4 Å². The largest absolute Gasteiger partial charge is 0.444 e. The summed E-state index contributed by atoms with van der Waals surface area (Å²) in [5.74, 6) is 0. The molecule has 1 fully saturated rings. The van der Waals surface area contributed by atoms with Crippen LogP contribution in [0.15, 0.2) is 0 Å². The number of alkyl halides is 1. The smallest absolute Gasteiger partial charge is 0.410 e. The van der Waals surface area contributed by atoms with E-state index in [0.29, 0.717) is 18.3 Å². The Hall–Kier alpha value is -0.290. The van der Waals surface area contributed by atoms with Crippen molar-refractivity contribution < 1.29 is 14.6 Å². The normalized spacial score (nSPS) is 26.9. The topological polar surface area (TPSA) is 49.8 Å². The maximum atomic E-state index is 11.7. The predicted molar refractivity (Wildman–Crippen MR) is 61.1 cm³/mol. The zero-order chi connectivity index (χ0) is 11.6. The molecule has 15 heavy (non-hydrogen) atoms. The van der Waals surface area contributed by atoms with Crippen LogP contribution in [0.25, 0.3) is 0 Å². The van der Waals surface area contributed by atoms with Crippen LogP contribution in [0.2, 0.25) is 0 Å². The van der Waals surface area contributed by atoms with Crippen molar-refractivity contribution in [2.75, 3.05) is 11.9 Å². The zero-order valence-corrected chi connectivity index (χ0v) is 11.0. The Bertz CT molecular complexity index is 239. The molecule has 1 N–H and O–H groups in total. The molecule has 0 aromatic heterocycles. The summed E-state index contributed by atoms with van der Waals surface area (Å²) in [7, 11) is 0. The van der Waals surface area contributed by atoms with Crippen LogP contribution < -0.4 is 0 Å². The molecule has 1 rings (SSSR count). The van der Waals surface area contributed by atoms with Gasteiger partial charge >= 0.3 is 6.09 Å². The number of carbonyl (C=O) groups is 1. The first-order valence-electron chi connectivity index (χ1n) is 5.07. The summed E-state index contributed by atoms with van der Waals surface area (Å²) in [5.41, 5.74) is -0.485. The van der Waals surface area contributed by atoms with Crippen molar-refractivity contribution >= 4 is 22.0 Å². The van der Waals surface area contributed by atoms with Crippen molar-refractivity contribution in [3.8, 4) is 0 Å². The second-order valence-electron chi connectivity index (χ2n) is 4.83. The van der Waals surface area contributed by atoms with Gasteiger partial charge in [0.1, 0.15) is 5.60 Å². The number of hydrogen-bond donors (Lipinski definition) is 1. The fourth-order valence-corrected chi connectivity index (χ4v) is 2.20. The molecule has 0 aliphatic carbocycles. The van der Waals surface area contributed by atoms with E-state index in [1.165, 1.54) is 0 Å². The number of halogens is 1. The third kappa shape index (κ3) is 3.65. The Labute approximate surface area is 98.7 Å². The molecule has 0 bridgehead atoms. The quantitative estimate of drug-likeness (QED) is 0.744. The SMILES string of the molecule is CC(C)(C)OC(=O)N1C[C@@H](O)C[C@H]1CBr. The van der Waals surface area contributed by atoms with Gasteiger partial charge in [0.25, 0.3) is 0 Å².